The quantitative estimate of drug-likeness (QED) is 0.270. The van der Waals surface area contributed by atoms with Crippen molar-refractivity contribution in [2.24, 2.45) is 5.92 Å². The Hall–Kier alpha value is -3.26. The van der Waals surface area contributed by atoms with E-state index in [1.54, 1.807) is 33.3 Å². The third-order valence-electron chi connectivity index (χ3n) is 5.67. The molecule has 0 bridgehead atoms. The van der Waals surface area contributed by atoms with E-state index in [9.17, 15) is 9.59 Å². The molecule has 1 atom stereocenters. The molecule has 2 aromatic carbocycles. The first-order valence-electron chi connectivity index (χ1n) is 11.7. The van der Waals surface area contributed by atoms with Crippen LogP contribution in [0.25, 0.3) is 0 Å². The van der Waals surface area contributed by atoms with Gasteiger partial charge in [-0.25, -0.2) is 0 Å². The Balaban J connectivity index is 0.000000402. The van der Waals surface area contributed by atoms with Crippen LogP contribution in [-0.2, 0) is 32.1 Å². The lowest BCUT2D eigenvalue weighted by molar-refractivity contribution is -0.150. The molecule has 3 rings (SSSR count). The third kappa shape index (κ3) is 9.13. The maximum absolute atomic E-state index is 12.1. The molecule has 0 radical (unpaired) electrons. The molecular formula is C27H37NO7. The number of piperidine rings is 1. The fourth-order valence-corrected chi connectivity index (χ4v) is 3.88. The Kier molecular flexibility index (Phi) is 12.5. The highest BCUT2D eigenvalue weighted by atomic mass is 16.5. The Labute approximate surface area is 208 Å². The second-order valence-corrected chi connectivity index (χ2v) is 8.16. The minimum absolute atomic E-state index is 0.213. The molecule has 1 unspecified atom stereocenters. The lowest BCUT2D eigenvalue weighted by Gasteiger charge is -2.28. The molecule has 0 aliphatic carbocycles. The lowest BCUT2D eigenvalue weighted by Crippen LogP contribution is -2.38. The number of rotatable bonds is 11. The SMILES string of the molecule is COCc1ccccc1.COc1cc(CCCOC(=O)C2CCCN(C=O)C2)cc(OC)c1OC. The van der Waals surface area contributed by atoms with Gasteiger partial charge in [0.2, 0.25) is 12.2 Å². The maximum Gasteiger partial charge on any atom is 0.310 e. The molecule has 0 saturated carbocycles. The Morgan fingerprint density at radius 2 is 1.69 bits per heavy atom. The Morgan fingerprint density at radius 1 is 1.00 bits per heavy atom. The van der Waals surface area contributed by atoms with E-state index in [2.05, 4.69) is 0 Å². The van der Waals surface area contributed by atoms with E-state index in [1.165, 1.54) is 5.56 Å². The number of hydrogen-bond acceptors (Lipinski definition) is 7. The molecule has 35 heavy (non-hydrogen) atoms. The molecule has 1 aliphatic rings. The highest BCUT2D eigenvalue weighted by Gasteiger charge is 2.26. The molecule has 192 valence electrons. The molecule has 0 N–H and O–H groups in total. The van der Waals surface area contributed by atoms with Gasteiger partial charge in [0.25, 0.3) is 0 Å². The molecule has 8 nitrogen and oxygen atoms in total. The van der Waals surface area contributed by atoms with Crippen molar-refractivity contribution in [1.29, 1.82) is 0 Å². The van der Waals surface area contributed by atoms with E-state index < -0.39 is 0 Å². The summed E-state index contributed by atoms with van der Waals surface area (Å²) in [5.74, 6) is 1.34. The standard InChI is InChI=1S/C19H27NO6.C8H10O/c1-23-16-10-14(11-17(24-2)18(16)25-3)6-5-9-26-19(22)15-7-4-8-20(12-15)13-21;1-9-7-8-5-3-2-4-6-8/h10-11,13,15H,4-9,12H2,1-3H3;2-6H,7H2,1H3. The number of nitrogens with zero attached hydrogens (tertiary/aromatic N) is 1. The average Bonchev–Trinajstić information content (AvgIpc) is 2.91. The monoisotopic (exact) mass is 487 g/mol. The smallest absolute Gasteiger partial charge is 0.310 e. The molecule has 1 saturated heterocycles. The maximum atomic E-state index is 12.1. The summed E-state index contributed by atoms with van der Waals surface area (Å²) < 4.78 is 26.3. The van der Waals surface area contributed by atoms with Crippen molar-refractivity contribution in [2.45, 2.75) is 32.3 Å². The minimum Gasteiger partial charge on any atom is -0.493 e. The van der Waals surface area contributed by atoms with Crippen LogP contribution in [0.15, 0.2) is 42.5 Å². The molecule has 2 aromatic rings. The van der Waals surface area contributed by atoms with E-state index >= 15 is 0 Å². The van der Waals surface area contributed by atoms with Crippen molar-refractivity contribution in [2.75, 3.05) is 48.1 Å². The summed E-state index contributed by atoms with van der Waals surface area (Å²) in [6, 6.07) is 13.9. The summed E-state index contributed by atoms with van der Waals surface area (Å²) in [6.07, 6.45) is 3.81. The summed E-state index contributed by atoms with van der Waals surface area (Å²) in [7, 11) is 6.43. The van der Waals surface area contributed by atoms with E-state index in [-0.39, 0.29) is 11.9 Å². The van der Waals surface area contributed by atoms with Crippen LogP contribution in [0.1, 0.15) is 30.4 Å². The number of benzene rings is 2. The first kappa shape index (κ1) is 28.0. The van der Waals surface area contributed by atoms with Gasteiger partial charge in [-0.05, 0) is 48.9 Å². The van der Waals surface area contributed by atoms with E-state index in [0.29, 0.717) is 50.0 Å². The van der Waals surface area contributed by atoms with Crippen molar-refractivity contribution in [3.63, 3.8) is 0 Å². The number of carbonyl (C=O) groups excluding carboxylic acids is 2. The number of esters is 1. The summed E-state index contributed by atoms with van der Waals surface area (Å²) >= 11 is 0. The van der Waals surface area contributed by atoms with Gasteiger partial charge in [0.1, 0.15) is 0 Å². The normalized spacial score (nSPS) is 14.9. The summed E-state index contributed by atoms with van der Waals surface area (Å²) in [5.41, 5.74) is 2.24. The zero-order valence-electron chi connectivity index (χ0n) is 21.2. The first-order valence-corrected chi connectivity index (χ1v) is 11.7. The molecule has 1 heterocycles. The van der Waals surface area contributed by atoms with Gasteiger partial charge in [-0.2, -0.15) is 0 Å². The van der Waals surface area contributed by atoms with Crippen LogP contribution in [0.4, 0.5) is 0 Å². The van der Waals surface area contributed by atoms with E-state index in [0.717, 1.165) is 31.2 Å². The predicted molar refractivity (Wildman–Crippen MR) is 133 cm³/mol. The number of ether oxygens (including phenoxy) is 5. The highest BCUT2D eigenvalue weighted by molar-refractivity contribution is 5.73. The molecule has 0 aromatic heterocycles. The van der Waals surface area contributed by atoms with Gasteiger partial charge in [-0.3, -0.25) is 9.59 Å². The van der Waals surface area contributed by atoms with Crippen molar-refractivity contribution < 1.29 is 33.3 Å². The lowest BCUT2D eigenvalue weighted by atomic mass is 9.99. The number of hydrogen-bond donors (Lipinski definition) is 0. The van der Waals surface area contributed by atoms with Crippen molar-refractivity contribution in [3.8, 4) is 17.2 Å². The van der Waals surface area contributed by atoms with Crippen LogP contribution >= 0.6 is 0 Å². The van der Waals surface area contributed by atoms with Gasteiger partial charge in [0.05, 0.1) is 40.5 Å². The first-order chi connectivity index (χ1) is 17.1. The van der Waals surface area contributed by atoms with Gasteiger partial charge in [0, 0.05) is 20.2 Å². The minimum atomic E-state index is -0.221. The van der Waals surface area contributed by atoms with Crippen LogP contribution in [-0.4, -0.2) is 65.4 Å². The van der Waals surface area contributed by atoms with Crippen molar-refractivity contribution >= 4 is 12.4 Å². The molecule has 1 fully saturated rings. The topological polar surface area (TPSA) is 83.5 Å². The van der Waals surface area contributed by atoms with Gasteiger partial charge in [-0.1, -0.05) is 30.3 Å². The zero-order valence-corrected chi connectivity index (χ0v) is 21.2. The molecule has 1 amide bonds. The van der Waals surface area contributed by atoms with Crippen LogP contribution in [0.5, 0.6) is 17.2 Å². The van der Waals surface area contributed by atoms with Crippen LogP contribution in [0, 0.1) is 5.92 Å². The summed E-state index contributed by atoms with van der Waals surface area (Å²) in [5, 5.41) is 0. The molecule has 8 heteroatoms. The van der Waals surface area contributed by atoms with Crippen molar-refractivity contribution in [3.05, 3.63) is 53.6 Å². The fourth-order valence-electron chi connectivity index (χ4n) is 3.88. The highest BCUT2D eigenvalue weighted by Crippen LogP contribution is 2.38. The second kappa shape index (κ2) is 15.6. The number of amides is 1. The average molecular weight is 488 g/mol. The summed E-state index contributed by atoms with van der Waals surface area (Å²) in [4.78, 5) is 24.6. The van der Waals surface area contributed by atoms with Gasteiger partial charge in [0.15, 0.2) is 11.5 Å². The fraction of sp³-hybridized carbons (Fsp3) is 0.481. The largest absolute Gasteiger partial charge is 0.493 e. The van der Waals surface area contributed by atoms with Gasteiger partial charge >= 0.3 is 5.97 Å². The van der Waals surface area contributed by atoms with E-state index in [1.807, 2.05) is 42.5 Å². The predicted octanol–water partition coefficient (Wildman–Crippen LogP) is 3.89. The second-order valence-electron chi connectivity index (χ2n) is 8.16. The third-order valence-corrected chi connectivity index (χ3v) is 5.67. The number of likely N-dealkylation sites (tertiary alicyclic amines) is 1. The number of aryl methyl sites for hydroxylation is 1. The summed E-state index contributed by atoms with van der Waals surface area (Å²) in [6.45, 7) is 2.22. The van der Waals surface area contributed by atoms with Gasteiger partial charge in [-0.15, -0.1) is 0 Å². The number of methoxy groups -OCH3 is 4. The van der Waals surface area contributed by atoms with Crippen molar-refractivity contribution in [1.82, 2.24) is 4.90 Å². The van der Waals surface area contributed by atoms with E-state index in [4.69, 9.17) is 23.7 Å². The molecule has 0 spiro atoms. The van der Waals surface area contributed by atoms with Crippen LogP contribution in [0.3, 0.4) is 0 Å². The van der Waals surface area contributed by atoms with Crippen LogP contribution < -0.4 is 14.2 Å². The number of carbonyl (C=O) groups is 2. The zero-order chi connectivity index (χ0) is 25.5. The Bertz CT molecular complexity index is 879. The van der Waals surface area contributed by atoms with Gasteiger partial charge < -0.3 is 28.6 Å². The Morgan fingerprint density at radius 3 is 2.26 bits per heavy atom. The molecular weight excluding hydrogens is 450 g/mol. The molecule has 1 aliphatic heterocycles. The van der Waals surface area contributed by atoms with Crippen LogP contribution in [0.2, 0.25) is 0 Å².